The number of carbonyl (C=O) groups is 1. The lowest BCUT2D eigenvalue weighted by Crippen LogP contribution is -2.40. The van der Waals surface area contributed by atoms with E-state index in [0.29, 0.717) is 24.5 Å². The van der Waals surface area contributed by atoms with Gasteiger partial charge >= 0.3 is 5.69 Å². The van der Waals surface area contributed by atoms with E-state index in [9.17, 15) is 9.59 Å². The number of rotatable bonds is 3. The molecule has 0 aliphatic carbocycles. The van der Waals surface area contributed by atoms with E-state index in [4.69, 9.17) is 0 Å². The van der Waals surface area contributed by atoms with Crippen LogP contribution in [0.25, 0.3) is 22.4 Å². The second-order valence-electron chi connectivity index (χ2n) is 7.22. The van der Waals surface area contributed by atoms with Crippen LogP contribution in [0.1, 0.15) is 29.2 Å². The average molecular weight is 388 g/mol. The molecule has 1 amide bonds. The van der Waals surface area contributed by atoms with Gasteiger partial charge in [0.2, 0.25) is 0 Å². The smallest absolute Gasteiger partial charge is 0.326 e. The Kier molecular flexibility index (Phi) is 4.23. The molecule has 0 radical (unpaired) electrons. The minimum absolute atomic E-state index is 0.0262. The van der Waals surface area contributed by atoms with Crippen molar-refractivity contribution in [3.8, 4) is 11.4 Å². The molecule has 1 aliphatic heterocycles. The summed E-state index contributed by atoms with van der Waals surface area (Å²) < 4.78 is 1.83. The van der Waals surface area contributed by atoms with Crippen LogP contribution in [0.2, 0.25) is 0 Å². The van der Waals surface area contributed by atoms with Crippen LogP contribution in [0.3, 0.4) is 0 Å². The summed E-state index contributed by atoms with van der Waals surface area (Å²) in [5.41, 5.74) is 3.01. The highest BCUT2D eigenvalue weighted by atomic mass is 16.2. The van der Waals surface area contributed by atoms with E-state index in [1.807, 2.05) is 58.0 Å². The first-order chi connectivity index (χ1) is 14.2. The summed E-state index contributed by atoms with van der Waals surface area (Å²) in [5, 5.41) is 6.71. The first kappa shape index (κ1) is 17.4. The predicted molar refractivity (Wildman–Crippen MR) is 109 cm³/mol. The molecule has 1 aliphatic rings. The molecule has 4 aromatic rings. The molecule has 2 aromatic carbocycles. The zero-order valence-electron chi connectivity index (χ0n) is 15.7. The van der Waals surface area contributed by atoms with Crippen LogP contribution >= 0.6 is 0 Å². The highest BCUT2D eigenvalue weighted by Gasteiger charge is 2.28. The second kappa shape index (κ2) is 7.05. The largest absolute Gasteiger partial charge is 0.338 e. The van der Waals surface area contributed by atoms with Gasteiger partial charge in [0, 0.05) is 24.7 Å². The summed E-state index contributed by atoms with van der Waals surface area (Å²) in [7, 11) is 0. The topological polar surface area (TPSA) is 99.7 Å². The molecule has 29 heavy (non-hydrogen) atoms. The SMILES string of the molecule is O=C(c1ccccc1-c1ncn[nH]1)N1CCC(n2c(=O)[nH]c3ccccc32)CC1. The lowest BCUT2D eigenvalue weighted by Gasteiger charge is -2.33. The number of imidazole rings is 1. The van der Waals surface area contributed by atoms with Crippen molar-refractivity contribution in [1.29, 1.82) is 0 Å². The highest BCUT2D eigenvalue weighted by molar-refractivity contribution is 6.00. The van der Waals surface area contributed by atoms with E-state index in [1.54, 1.807) is 0 Å². The summed E-state index contributed by atoms with van der Waals surface area (Å²) in [5.74, 6) is 0.552. The number of likely N-dealkylation sites (tertiary alicyclic amines) is 1. The number of benzene rings is 2. The molecule has 1 saturated heterocycles. The number of para-hydroxylation sites is 2. The first-order valence-corrected chi connectivity index (χ1v) is 9.65. The standard InChI is InChI=1S/C21H20N6O2/c28-20(16-6-2-1-5-15(16)19-22-13-23-25-19)26-11-9-14(10-12-26)27-18-8-4-3-7-17(18)24-21(27)29/h1-8,13-14H,9-12H2,(H,24,29)(H,22,23,25). The minimum atomic E-state index is -0.0911. The van der Waals surface area contributed by atoms with Gasteiger partial charge < -0.3 is 9.88 Å². The Morgan fingerprint density at radius 1 is 1.03 bits per heavy atom. The van der Waals surface area contributed by atoms with Crippen molar-refractivity contribution in [2.75, 3.05) is 13.1 Å². The van der Waals surface area contributed by atoms with Crippen molar-refractivity contribution >= 4 is 16.9 Å². The van der Waals surface area contributed by atoms with Crippen LogP contribution in [-0.4, -0.2) is 48.6 Å². The maximum absolute atomic E-state index is 13.2. The lowest BCUT2D eigenvalue weighted by molar-refractivity contribution is 0.0695. The molecule has 2 aromatic heterocycles. The van der Waals surface area contributed by atoms with E-state index in [-0.39, 0.29) is 17.6 Å². The second-order valence-corrected chi connectivity index (χ2v) is 7.22. The molecule has 146 valence electrons. The number of aromatic amines is 2. The molecule has 0 unspecified atom stereocenters. The molecule has 8 heteroatoms. The van der Waals surface area contributed by atoms with Gasteiger partial charge in [0.15, 0.2) is 5.82 Å². The van der Waals surface area contributed by atoms with Crippen molar-refractivity contribution in [3.63, 3.8) is 0 Å². The molecule has 0 bridgehead atoms. The fraction of sp³-hybridized carbons (Fsp3) is 0.238. The Hall–Kier alpha value is -3.68. The van der Waals surface area contributed by atoms with E-state index in [2.05, 4.69) is 20.2 Å². The summed E-state index contributed by atoms with van der Waals surface area (Å²) >= 11 is 0. The molecule has 3 heterocycles. The third-order valence-electron chi connectivity index (χ3n) is 5.57. The van der Waals surface area contributed by atoms with Gasteiger partial charge in [-0.3, -0.25) is 14.5 Å². The first-order valence-electron chi connectivity index (χ1n) is 9.65. The van der Waals surface area contributed by atoms with Gasteiger partial charge in [-0.2, -0.15) is 5.10 Å². The van der Waals surface area contributed by atoms with Crippen LogP contribution in [0.15, 0.2) is 59.7 Å². The number of carbonyl (C=O) groups excluding carboxylic acids is 1. The molecule has 5 rings (SSSR count). The number of H-pyrrole nitrogens is 2. The average Bonchev–Trinajstić information content (AvgIpc) is 3.41. The van der Waals surface area contributed by atoms with Gasteiger partial charge in [0.25, 0.3) is 5.91 Å². The fourth-order valence-electron chi connectivity index (χ4n) is 4.15. The van der Waals surface area contributed by atoms with Crippen LogP contribution in [0, 0.1) is 0 Å². The van der Waals surface area contributed by atoms with E-state index >= 15 is 0 Å². The number of piperidine rings is 1. The normalized spacial score (nSPS) is 15.1. The summed E-state index contributed by atoms with van der Waals surface area (Å²) in [6, 6.07) is 15.2. The number of aromatic nitrogens is 5. The number of nitrogens with zero attached hydrogens (tertiary/aromatic N) is 4. The van der Waals surface area contributed by atoms with Gasteiger partial charge in [0.1, 0.15) is 6.33 Å². The van der Waals surface area contributed by atoms with Crippen LogP contribution in [0.5, 0.6) is 0 Å². The molecule has 0 spiro atoms. The van der Waals surface area contributed by atoms with Crippen LogP contribution in [0.4, 0.5) is 0 Å². The van der Waals surface area contributed by atoms with Crippen LogP contribution in [-0.2, 0) is 0 Å². The summed E-state index contributed by atoms with van der Waals surface area (Å²) in [6.07, 6.45) is 2.90. The number of nitrogens with one attached hydrogen (secondary N) is 2. The number of amides is 1. The third kappa shape index (κ3) is 3.02. The van der Waals surface area contributed by atoms with E-state index in [0.717, 1.165) is 29.4 Å². The molecule has 0 saturated carbocycles. The Morgan fingerprint density at radius 2 is 1.79 bits per heavy atom. The highest BCUT2D eigenvalue weighted by Crippen LogP contribution is 2.27. The third-order valence-corrected chi connectivity index (χ3v) is 5.57. The number of fused-ring (bicyclic) bond motifs is 1. The van der Waals surface area contributed by atoms with Gasteiger partial charge in [-0.15, -0.1) is 0 Å². The monoisotopic (exact) mass is 388 g/mol. The predicted octanol–water partition coefficient (Wildman–Crippen LogP) is 2.59. The minimum Gasteiger partial charge on any atom is -0.338 e. The number of hydrogen-bond donors (Lipinski definition) is 2. The van der Waals surface area contributed by atoms with E-state index < -0.39 is 0 Å². The zero-order valence-corrected chi connectivity index (χ0v) is 15.7. The quantitative estimate of drug-likeness (QED) is 0.563. The van der Waals surface area contributed by atoms with Gasteiger partial charge in [0.05, 0.1) is 16.6 Å². The van der Waals surface area contributed by atoms with Gasteiger partial charge in [-0.1, -0.05) is 30.3 Å². The van der Waals surface area contributed by atoms with Gasteiger partial charge in [-0.25, -0.2) is 9.78 Å². The van der Waals surface area contributed by atoms with Crippen LogP contribution < -0.4 is 5.69 Å². The molecule has 1 fully saturated rings. The maximum atomic E-state index is 13.2. The summed E-state index contributed by atoms with van der Waals surface area (Å²) in [6.45, 7) is 1.19. The van der Waals surface area contributed by atoms with Crippen molar-refractivity contribution < 1.29 is 4.79 Å². The Balaban J connectivity index is 1.37. The molecule has 8 nitrogen and oxygen atoms in total. The Bertz CT molecular complexity index is 1220. The fourth-order valence-corrected chi connectivity index (χ4v) is 4.15. The van der Waals surface area contributed by atoms with Crippen molar-refractivity contribution in [3.05, 3.63) is 70.9 Å². The lowest BCUT2D eigenvalue weighted by atomic mass is 10.0. The molecule has 2 N–H and O–H groups in total. The van der Waals surface area contributed by atoms with Gasteiger partial charge in [-0.05, 0) is 31.0 Å². The van der Waals surface area contributed by atoms with Crippen molar-refractivity contribution in [2.24, 2.45) is 0 Å². The van der Waals surface area contributed by atoms with E-state index in [1.165, 1.54) is 6.33 Å². The molecule has 0 atom stereocenters. The molecular formula is C21H20N6O2. The van der Waals surface area contributed by atoms with Crippen molar-refractivity contribution in [1.82, 2.24) is 29.6 Å². The van der Waals surface area contributed by atoms with Crippen molar-refractivity contribution in [2.45, 2.75) is 18.9 Å². The maximum Gasteiger partial charge on any atom is 0.326 e. The molecular weight excluding hydrogens is 368 g/mol. The summed E-state index contributed by atoms with van der Waals surface area (Å²) in [4.78, 5) is 34.6. The Morgan fingerprint density at radius 3 is 2.59 bits per heavy atom. The Labute approximate surface area is 166 Å². The zero-order chi connectivity index (χ0) is 19.8. The number of hydrogen-bond acceptors (Lipinski definition) is 4.